The number of allylic oxidation sites excluding steroid dienone is 2. The topological polar surface area (TPSA) is 146 Å². The van der Waals surface area contributed by atoms with Crippen molar-refractivity contribution in [2.45, 2.75) is 32.1 Å². The molecule has 2 aromatic carbocycles. The summed E-state index contributed by atoms with van der Waals surface area (Å²) in [6.07, 6.45) is 3.99. The number of aromatic nitrogens is 6. The van der Waals surface area contributed by atoms with Crippen molar-refractivity contribution in [3.63, 3.8) is 0 Å². The van der Waals surface area contributed by atoms with Gasteiger partial charge in [-0.2, -0.15) is 10.3 Å². The summed E-state index contributed by atoms with van der Waals surface area (Å²) in [5, 5.41) is 37.8. The van der Waals surface area contributed by atoms with E-state index >= 15 is 0 Å². The van der Waals surface area contributed by atoms with Crippen LogP contribution in [0, 0.1) is 13.8 Å². The van der Waals surface area contributed by atoms with Gasteiger partial charge in [0.05, 0.1) is 18.0 Å². The van der Waals surface area contributed by atoms with Gasteiger partial charge in [-0.1, -0.05) is 53.8 Å². The van der Waals surface area contributed by atoms with E-state index in [1.165, 1.54) is 11.8 Å². The largest absolute Gasteiger partial charge is 0.385 e. The maximum Gasteiger partial charge on any atom is 0.299 e. The summed E-state index contributed by atoms with van der Waals surface area (Å²) >= 11 is 0. The Morgan fingerprint density at radius 1 is 1.16 bits per heavy atom. The smallest absolute Gasteiger partial charge is 0.299 e. The SMILES string of the molecule is COCc1[nH]n(-c2ccc(C)c(C)c2)c(=O)c1N=NC1(c2nn[nH]n2)C=CC=C(c2ccccc2)C1O. The molecule has 1 aliphatic rings. The van der Waals surface area contributed by atoms with Gasteiger partial charge in [-0.25, -0.2) is 4.68 Å². The second kappa shape index (κ2) is 9.88. The molecule has 0 spiro atoms. The number of aromatic amines is 2. The first-order chi connectivity index (χ1) is 17.9. The molecule has 11 heteroatoms. The zero-order valence-corrected chi connectivity index (χ0v) is 20.6. The molecule has 37 heavy (non-hydrogen) atoms. The lowest BCUT2D eigenvalue weighted by molar-refractivity contribution is 0.153. The van der Waals surface area contributed by atoms with Crippen LogP contribution < -0.4 is 5.56 Å². The van der Waals surface area contributed by atoms with Crippen molar-refractivity contribution >= 4 is 11.3 Å². The highest BCUT2D eigenvalue weighted by Crippen LogP contribution is 2.40. The quantitative estimate of drug-likeness (QED) is 0.333. The molecular formula is C26H26N8O3. The molecule has 0 saturated carbocycles. The lowest BCUT2D eigenvalue weighted by Crippen LogP contribution is -2.39. The Kier molecular flexibility index (Phi) is 6.47. The summed E-state index contributed by atoms with van der Waals surface area (Å²) in [7, 11) is 1.53. The minimum absolute atomic E-state index is 0.0550. The molecule has 0 bridgehead atoms. The number of aryl methyl sites for hydroxylation is 2. The van der Waals surface area contributed by atoms with Crippen molar-refractivity contribution < 1.29 is 9.84 Å². The molecule has 188 valence electrons. The molecule has 2 heterocycles. The van der Waals surface area contributed by atoms with E-state index in [4.69, 9.17) is 4.74 Å². The van der Waals surface area contributed by atoms with Crippen LogP contribution in [0.4, 0.5) is 5.69 Å². The van der Waals surface area contributed by atoms with E-state index in [-0.39, 0.29) is 18.1 Å². The number of ether oxygens (including phenoxy) is 1. The van der Waals surface area contributed by atoms with E-state index in [1.54, 1.807) is 18.2 Å². The maximum absolute atomic E-state index is 13.5. The molecule has 5 rings (SSSR count). The summed E-state index contributed by atoms with van der Waals surface area (Å²) in [5.41, 5.74) is 2.79. The molecule has 0 amide bonds. The minimum Gasteiger partial charge on any atom is -0.385 e. The van der Waals surface area contributed by atoms with Crippen LogP contribution in [-0.2, 0) is 16.9 Å². The van der Waals surface area contributed by atoms with Crippen LogP contribution in [0.5, 0.6) is 0 Å². The Balaban J connectivity index is 1.61. The Morgan fingerprint density at radius 2 is 1.97 bits per heavy atom. The van der Waals surface area contributed by atoms with Gasteiger partial charge in [0.1, 0.15) is 6.10 Å². The number of aliphatic hydroxyl groups is 1. The van der Waals surface area contributed by atoms with E-state index in [0.29, 0.717) is 17.0 Å². The fraction of sp³-hybridized carbons (Fsp3) is 0.231. The predicted molar refractivity (Wildman–Crippen MR) is 137 cm³/mol. The van der Waals surface area contributed by atoms with E-state index < -0.39 is 17.2 Å². The molecule has 0 radical (unpaired) electrons. The number of methoxy groups -OCH3 is 1. The molecule has 4 aromatic rings. The van der Waals surface area contributed by atoms with E-state index in [9.17, 15) is 9.90 Å². The number of tetrazole rings is 1. The van der Waals surface area contributed by atoms with Gasteiger partial charge in [0.25, 0.3) is 5.56 Å². The third kappa shape index (κ3) is 4.34. The van der Waals surface area contributed by atoms with Gasteiger partial charge >= 0.3 is 0 Å². The first kappa shape index (κ1) is 24.2. The van der Waals surface area contributed by atoms with Gasteiger partial charge in [-0.15, -0.1) is 15.3 Å². The molecule has 2 aromatic heterocycles. The van der Waals surface area contributed by atoms with Crippen LogP contribution >= 0.6 is 0 Å². The number of nitrogens with one attached hydrogen (secondary N) is 2. The van der Waals surface area contributed by atoms with E-state index in [0.717, 1.165) is 16.7 Å². The zero-order valence-electron chi connectivity index (χ0n) is 20.6. The lowest BCUT2D eigenvalue weighted by atomic mass is 9.81. The average Bonchev–Trinajstić information content (AvgIpc) is 3.55. The van der Waals surface area contributed by atoms with Crippen LogP contribution in [0.25, 0.3) is 11.3 Å². The van der Waals surface area contributed by atoms with E-state index in [2.05, 4.69) is 36.0 Å². The summed E-state index contributed by atoms with van der Waals surface area (Å²) in [6, 6.07) is 15.1. The van der Waals surface area contributed by atoms with Gasteiger partial charge in [0.2, 0.25) is 5.82 Å². The fourth-order valence-electron chi connectivity index (χ4n) is 4.26. The average molecular weight is 499 g/mol. The Bertz CT molecular complexity index is 1550. The van der Waals surface area contributed by atoms with Crippen molar-refractivity contribution in [1.82, 2.24) is 30.4 Å². The van der Waals surface area contributed by atoms with Crippen LogP contribution in [0.15, 0.2) is 81.8 Å². The number of aliphatic hydroxyl groups excluding tert-OH is 1. The second-order valence-corrected chi connectivity index (χ2v) is 8.79. The molecule has 0 aliphatic heterocycles. The highest BCUT2D eigenvalue weighted by atomic mass is 16.5. The highest BCUT2D eigenvalue weighted by Gasteiger charge is 2.46. The molecule has 3 N–H and O–H groups in total. The van der Waals surface area contributed by atoms with Crippen LogP contribution in [0.2, 0.25) is 0 Å². The highest BCUT2D eigenvalue weighted by molar-refractivity contribution is 5.73. The summed E-state index contributed by atoms with van der Waals surface area (Å²) < 4.78 is 6.70. The Morgan fingerprint density at radius 3 is 2.68 bits per heavy atom. The monoisotopic (exact) mass is 498 g/mol. The number of hydrogen-bond donors (Lipinski definition) is 3. The van der Waals surface area contributed by atoms with Gasteiger partial charge in [-0.05, 0) is 54.3 Å². The van der Waals surface area contributed by atoms with Gasteiger partial charge in [0.15, 0.2) is 11.2 Å². The normalized spacial score (nSPS) is 19.5. The minimum atomic E-state index is -1.52. The van der Waals surface area contributed by atoms with Crippen molar-refractivity contribution in [2.24, 2.45) is 10.2 Å². The van der Waals surface area contributed by atoms with Crippen molar-refractivity contribution in [3.05, 3.63) is 105 Å². The molecular weight excluding hydrogens is 472 g/mol. The first-order valence-corrected chi connectivity index (χ1v) is 11.6. The Hall–Kier alpha value is -4.48. The standard InChI is InChI=1S/C26H26N8O3/c1-16-11-12-19(14-17(16)2)34-24(36)22(21(30-34)15-37-3)27-31-26(25-28-32-33-29-25)13-7-10-20(23(26)35)18-8-5-4-6-9-18/h4-14,23,30,35H,15H2,1-3H3,(H,28,29,32,33). The zero-order chi connectivity index (χ0) is 26.0. The summed E-state index contributed by atoms with van der Waals surface area (Å²) in [5.74, 6) is 0.111. The van der Waals surface area contributed by atoms with Crippen LogP contribution in [0.3, 0.4) is 0 Å². The maximum atomic E-state index is 13.5. The lowest BCUT2D eigenvalue weighted by Gasteiger charge is -2.31. The number of H-pyrrole nitrogens is 2. The molecule has 11 nitrogen and oxygen atoms in total. The van der Waals surface area contributed by atoms with E-state index in [1.807, 2.05) is 62.4 Å². The second-order valence-electron chi connectivity index (χ2n) is 8.79. The molecule has 0 saturated heterocycles. The van der Waals surface area contributed by atoms with Crippen LogP contribution in [-0.4, -0.2) is 48.7 Å². The van der Waals surface area contributed by atoms with Gasteiger partial charge in [0, 0.05) is 7.11 Å². The molecule has 2 unspecified atom stereocenters. The third-order valence-electron chi connectivity index (χ3n) is 6.44. The van der Waals surface area contributed by atoms with Crippen molar-refractivity contribution in [2.75, 3.05) is 7.11 Å². The van der Waals surface area contributed by atoms with Crippen LogP contribution in [0.1, 0.15) is 28.2 Å². The fourth-order valence-corrected chi connectivity index (χ4v) is 4.26. The van der Waals surface area contributed by atoms with Gasteiger partial charge < -0.3 is 9.84 Å². The first-order valence-electron chi connectivity index (χ1n) is 11.6. The summed E-state index contributed by atoms with van der Waals surface area (Å²) in [6.45, 7) is 4.09. The Labute approximate surface area is 212 Å². The number of azo groups is 1. The van der Waals surface area contributed by atoms with Gasteiger partial charge in [-0.3, -0.25) is 9.89 Å². The molecule has 2 atom stereocenters. The van der Waals surface area contributed by atoms with Crippen molar-refractivity contribution in [3.8, 4) is 5.69 Å². The third-order valence-corrected chi connectivity index (χ3v) is 6.44. The molecule has 1 aliphatic carbocycles. The number of nitrogens with zero attached hydrogens (tertiary/aromatic N) is 6. The number of rotatable bonds is 7. The predicted octanol–water partition coefficient (Wildman–Crippen LogP) is 3.44. The van der Waals surface area contributed by atoms with Crippen molar-refractivity contribution in [1.29, 1.82) is 0 Å². The number of hydrogen-bond acceptors (Lipinski definition) is 8. The summed E-state index contributed by atoms with van der Waals surface area (Å²) in [4.78, 5) is 13.5. The number of benzene rings is 2. The molecule has 0 fully saturated rings.